The van der Waals surface area contributed by atoms with Crippen molar-refractivity contribution in [3.05, 3.63) is 56.2 Å². The van der Waals surface area contributed by atoms with Crippen molar-refractivity contribution in [3.8, 4) is 0 Å². The summed E-state index contributed by atoms with van der Waals surface area (Å²) in [5.74, 6) is -0.483. The molecule has 3 rings (SSSR count). The first-order chi connectivity index (χ1) is 13.9. The lowest BCUT2D eigenvalue weighted by Gasteiger charge is -2.18. The molecule has 0 saturated carbocycles. The standard InChI is InChI=1S/C18H19N5O4S2/c1-28-7-6-13(15(25)22-17-20-10(9-29-17)8-14(19)24)23-16(26)11-4-2-3-5-12(11)21-18(23)27/h2-5,9,13H,6-8H2,1H3,(H2,19,24)(H,21,27)(H,20,22,25)/t13-/m0/s1. The minimum absolute atomic E-state index is 0.0356. The second kappa shape index (κ2) is 9.05. The van der Waals surface area contributed by atoms with Crippen LogP contribution in [0.3, 0.4) is 0 Å². The predicted molar refractivity (Wildman–Crippen MR) is 115 cm³/mol. The SMILES string of the molecule is CSCC[C@@H](C(=O)Nc1nc(CC(N)=O)cs1)n1c(=O)[nH]c2ccccc2c1=O. The number of anilines is 1. The fourth-order valence-corrected chi connectivity index (χ4v) is 4.05. The highest BCUT2D eigenvalue weighted by Crippen LogP contribution is 2.19. The molecule has 0 spiro atoms. The molecule has 4 N–H and O–H groups in total. The molecule has 0 aliphatic rings. The van der Waals surface area contributed by atoms with Crippen LogP contribution in [0.25, 0.3) is 10.9 Å². The van der Waals surface area contributed by atoms with Gasteiger partial charge in [0.1, 0.15) is 6.04 Å². The molecule has 0 aliphatic heterocycles. The largest absolute Gasteiger partial charge is 0.369 e. The Bertz CT molecular complexity index is 1170. The molecule has 1 atom stereocenters. The van der Waals surface area contributed by atoms with Crippen LogP contribution in [0.5, 0.6) is 0 Å². The van der Waals surface area contributed by atoms with Gasteiger partial charge in [0.2, 0.25) is 11.8 Å². The van der Waals surface area contributed by atoms with Crippen molar-refractivity contribution < 1.29 is 9.59 Å². The second-order valence-electron chi connectivity index (χ2n) is 6.22. The van der Waals surface area contributed by atoms with E-state index in [1.807, 2.05) is 6.26 Å². The Balaban J connectivity index is 1.96. The lowest BCUT2D eigenvalue weighted by molar-refractivity contribution is -0.119. The first-order valence-electron chi connectivity index (χ1n) is 8.66. The Labute approximate surface area is 173 Å². The molecule has 0 saturated heterocycles. The Morgan fingerprint density at radius 2 is 2.10 bits per heavy atom. The molecule has 11 heteroatoms. The van der Waals surface area contributed by atoms with Gasteiger partial charge in [-0.2, -0.15) is 11.8 Å². The van der Waals surface area contributed by atoms with Crippen LogP contribution in [-0.4, -0.2) is 38.4 Å². The van der Waals surface area contributed by atoms with E-state index in [4.69, 9.17) is 5.73 Å². The van der Waals surface area contributed by atoms with Crippen molar-refractivity contribution in [2.75, 3.05) is 17.3 Å². The van der Waals surface area contributed by atoms with E-state index < -0.39 is 29.1 Å². The zero-order valence-electron chi connectivity index (χ0n) is 15.5. The number of hydrogen-bond acceptors (Lipinski definition) is 7. The molecule has 0 unspecified atom stereocenters. The minimum atomic E-state index is -1.01. The van der Waals surface area contributed by atoms with Crippen LogP contribution in [0, 0.1) is 0 Å². The summed E-state index contributed by atoms with van der Waals surface area (Å²) in [7, 11) is 0. The van der Waals surface area contributed by atoms with Gasteiger partial charge in [-0.05, 0) is 30.6 Å². The van der Waals surface area contributed by atoms with Crippen molar-refractivity contribution in [1.82, 2.24) is 14.5 Å². The van der Waals surface area contributed by atoms with E-state index in [-0.39, 0.29) is 18.0 Å². The zero-order valence-corrected chi connectivity index (χ0v) is 17.1. The van der Waals surface area contributed by atoms with Gasteiger partial charge in [0, 0.05) is 5.38 Å². The number of rotatable bonds is 8. The van der Waals surface area contributed by atoms with Crippen LogP contribution in [0.1, 0.15) is 18.2 Å². The number of amides is 2. The van der Waals surface area contributed by atoms with E-state index >= 15 is 0 Å². The number of thiazole rings is 1. The maximum Gasteiger partial charge on any atom is 0.329 e. The summed E-state index contributed by atoms with van der Waals surface area (Å²) in [6.45, 7) is 0. The highest BCUT2D eigenvalue weighted by atomic mass is 32.2. The summed E-state index contributed by atoms with van der Waals surface area (Å²) in [6.07, 6.45) is 2.12. The van der Waals surface area contributed by atoms with Gasteiger partial charge in [0.25, 0.3) is 5.56 Å². The molecule has 2 heterocycles. The zero-order chi connectivity index (χ0) is 21.0. The number of carbonyl (C=O) groups excluding carboxylic acids is 2. The normalized spacial score (nSPS) is 12.0. The molecular weight excluding hydrogens is 414 g/mol. The molecule has 29 heavy (non-hydrogen) atoms. The van der Waals surface area contributed by atoms with Crippen LogP contribution < -0.4 is 22.3 Å². The molecule has 0 fully saturated rings. The minimum Gasteiger partial charge on any atom is -0.369 e. The molecule has 152 valence electrons. The number of aromatic nitrogens is 3. The number of nitrogens with zero attached hydrogens (tertiary/aromatic N) is 2. The number of H-pyrrole nitrogens is 1. The number of benzene rings is 1. The third-order valence-corrected chi connectivity index (χ3v) is 5.63. The van der Waals surface area contributed by atoms with Crippen LogP contribution in [0.4, 0.5) is 5.13 Å². The summed E-state index contributed by atoms with van der Waals surface area (Å²) in [5, 5.41) is 4.85. The average Bonchev–Trinajstić information content (AvgIpc) is 3.10. The highest BCUT2D eigenvalue weighted by Gasteiger charge is 2.25. The number of para-hydroxylation sites is 1. The lowest BCUT2D eigenvalue weighted by Crippen LogP contribution is -2.43. The fourth-order valence-electron chi connectivity index (χ4n) is 2.88. The van der Waals surface area contributed by atoms with Crippen LogP contribution in [0.2, 0.25) is 0 Å². The van der Waals surface area contributed by atoms with E-state index in [2.05, 4.69) is 15.3 Å². The lowest BCUT2D eigenvalue weighted by atomic mass is 10.2. The fraction of sp³-hybridized carbons (Fsp3) is 0.278. The van der Waals surface area contributed by atoms with Crippen molar-refractivity contribution in [3.63, 3.8) is 0 Å². The van der Waals surface area contributed by atoms with E-state index in [1.54, 1.807) is 29.6 Å². The maximum absolute atomic E-state index is 12.9. The van der Waals surface area contributed by atoms with Gasteiger partial charge in [0.05, 0.1) is 23.0 Å². The smallest absolute Gasteiger partial charge is 0.329 e. The number of nitrogens with one attached hydrogen (secondary N) is 2. The van der Waals surface area contributed by atoms with Crippen molar-refractivity contribution in [2.24, 2.45) is 5.73 Å². The summed E-state index contributed by atoms with van der Waals surface area (Å²) in [5.41, 5.74) is 4.83. The van der Waals surface area contributed by atoms with E-state index in [1.165, 1.54) is 11.8 Å². The van der Waals surface area contributed by atoms with E-state index in [0.717, 1.165) is 15.9 Å². The predicted octanol–water partition coefficient (Wildman–Crippen LogP) is 1.11. The van der Waals surface area contributed by atoms with Gasteiger partial charge in [-0.25, -0.2) is 14.3 Å². The van der Waals surface area contributed by atoms with Gasteiger partial charge >= 0.3 is 5.69 Å². The van der Waals surface area contributed by atoms with Crippen molar-refractivity contribution >= 4 is 50.9 Å². The van der Waals surface area contributed by atoms with Gasteiger partial charge in [-0.1, -0.05) is 12.1 Å². The van der Waals surface area contributed by atoms with E-state index in [9.17, 15) is 19.2 Å². The Morgan fingerprint density at radius 3 is 2.83 bits per heavy atom. The Kier molecular flexibility index (Phi) is 6.49. The molecule has 0 bridgehead atoms. The number of thioether (sulfide) groups is 1. The number of hydrogen-bond donors (Lipinski definition) is 3. The average molecular weight is 434 g/mol. The third kappa shape index (κ3) is 4.74. The molecular formula is C18H19N5O4S2. The third-order valence-electron chi connectivity index (χ3n) is 4.18. The summed E-state index contributed by atoms with van der Waals surface area (Å²) < 4.78 is 0.950. The van der Waals surface area contributed by atoms with Crippen LogP contribution >= 0.6 is 23.1 Å². The molecule has 1 aromatic carbocycles. The Hall–Kier alpha value is -2.92. The van der Waals surface area contributed by atoms with Gasteiger partial charge in [-0.3, -0.25) is 14.4 Å². The molecule has 9 nitrogen and oxygen atoms in total. The number of carbonyl (C=O) groups is 2. The van der Waals surface area contributed by atoms with Crippen molar-refractivity contribution in [2.45, 2.75) is 18.9 Å². The number of nitrogens with two attached hydrogens (primary N) is 1. The molecule has 0 aliphatic carbocycles. The van der Waals surface area contributed by atoms with E-state index in [0.29, 0.717) is 22.3 Å². The summed E-state index contributed by atoms with van der Waals surface area (Å²) >= 11 is 2.64. The topological polar surface area (TPSA) is 140 Å². The van der Waals surface area contributed by atoms with Crippen LogP contribution in [0.15, 0.2) is 39.2 Å². The van der Waals surface area contributed by atoms with Gasteiger partial charge < -0.3 is 16.0 Å². The molecule has 3 aromatic rings. The summed E-state index contributed by atoms with van der Waals surface area (Å²) in [4.78, 5) is 56.3. The second-order valence-corrected chi connectivity index (χ2v) is 8.07. The Morgan fingerprint density at radius 1 is 1.34 bits per heavy atom. The maximum atomic E-state index is 12.9. The molecule has 0 radical (unpaired) electrons. The van der Waals surface area contributed by atoms with Crippen LogP contribution in [-0.2, 0) is 16.0 Å². The first-order valence-corrected chi connectivity index (χ1v) is 10.9. The van der Waals surface area contributed by atoms with Gasteiger partial charge in [0.15, 0.2) is 5.13 Å². The highest BCUT2D eigenvalue weighted by molar-refractivity contribution is 7.98. The number of aromatic amines is 1. The quantitative estimate of drug-likeness (QED) is 0.486. The number of primary amides is 1. The monoisotopic (exact) mass is 433 g/mol. The summed E-state index contributed by atoms with van der Waals surface area (Å²) in [6, 6.07) is 5.64. The van der Waals surface area contributed by atoms with Crippen molar-refractivity contribution in [1.29, 1.82) is 0 Å². The molecule has 2 amide bonds. The van der Waals surface area contributed by atoms with Gasteiger partial charge in [-0.15, -0.1) is 11.3 Å². The first kappa shape index (κ1) is 20.8. The number of fused-ring (bicyclic) bond motifs is 1. The molecule has 2 aromatic heterocycles.